The fourth-order valence-corrected chi connectivity index (χ4v) is 8.58. The zero-order chi connectivity index (χ0) is 67.3. The second kappa shape index (κ2) is 41.9. The van der Waals surface area contributed by atoms with Crippen LogP contribution < -0.4 is 87.6 Å². The fourth-order valence-electron chi connectivity index (χ4n) is 8.58. The molecule has 0 aliphatic heterocycles. The number of carbonyl (C=O) groups is 14. The average molecular weight is 1260 g/mol. The molecule has 1 rings (SSSR count). The van der Waals surface area contributed by atoms with E-state index >= 15 is 0 Å². The van der Waals surface area contributed by atoms with Gasteiger partial charge >= 0.3 is 11.9 Å². The van der Waals surface area contributed by atoms with Crippen molar-refractivity contribution in [3.63, 3.8) is 0 Å². The number of primary amides is 2. The third-order valence-corrected chi connectivity index (χ3v) is 13.2. The van der Waals surface area contributed by atoms with Crippen LogP contribution in [0.2, 0.25) is 0 Å². The van der Waals surface area contributed by atoms with Gasteiger partial charge in [0.2, 0.25) is 70.9 Å². The first kappa shape index (κ1) is 78.0. The van der Waals surface area contributed by atoms with Crippen molar-refractivity contribution in [2.24, 2.45) is 45.3 Å². The lowest BCUT2D eigenvalue weighted by atomic mass is 9.99. The molecule has 0 bridgehead atoms. The minimum atomic E-state index is -1.82. The van der Waals surface area contributed by atoms with Crippen molar-refractivity contribution < 1.29 is 82.4 Å². The number of carbonyl (C=O) groups excluding carboxylic acids is 12. The number of aliphatic imine (C=N–C) groups is 1. The Balaban J connectivity index is 3.65. The fraction of sp³-hybridized carbons (Fsp3) is 0.618. The molecular formula is C55H91N17O17. The van der Waals surface area contributed by atoms with Gasteiger partial charge in [-0.3, -0.25) is 72.1 Å². The van der Waals surface area contributed by atoms with Gasteiger partial charge in [0.15, 0.2) is 5.96 Å². The molecule has 498 valence electrons. The van der Waals surface area contributed by atoms with Crippen molar-refractivity contribution in [2.45, 2.75) is 184 Å². The van der Waals surface area contributed by atoms with Gasteiger partial charge in [0.05, 0.1) is 13.0 Å². The number of rotatable bonds is 45. The number of nitrogens with zero attached hydrogens (tertiary/aromatic N) is 1. The molecule has 10 unspecified atom stereocenters. The number of aliphatic hydroxyl groups excluding tert-OH is 1. The summed E-state index contributed by atoms with van der Waals surface area (Å²) >= 11 is 0. The Bertz CT molecular complexity index is 2590. The number of hydrogen-bond donors (Lipinski definition) is 19. The molecular weight excluding hydrogens is 1170 g/mol. The van der Waals surface area contributed by atoms with E-state index in [1.807, 2.05) is 5.32 Å². The summed E-state index contributed by atoms with van der Waals surface area (Å²) in [5, 5.41) is 52.7. The van der Waals surface area contributed by atoms with Crippen molar-refractivity contribution in [2.75, 3.05) is 26.2 Å². The number of aliphatic hydroxyl groups is 1. The number of nitrogens with one attached hydrogen (secondary N) is 10. The Labute approximate surface area is 514 Å². The summed E-state index contributed by atoms with van der Waals surface area (Å²) in [5.74, 6) is -15.0. The number of guanidine groups is 1. The SMILES string of the molecule is CC(=O)NC(CCC(=O)O)C(=O)NC(CCCCN)C(=O)NC(Cc1ccccc1)C(=O)NC(CC(C)C)C(=O)NC(CCCCN)C(=O)NC(CCCN=C(N)N)C(=O)NC(C)C(=O)NC(CCC(=O)O)C(=O)NC(CC(N)=O)C(=O)NC(CO)C(N)=O. The summed E-state index contributed by atoms with van der Waals surface area (Å²) in [6, 6.07) is -6.64. The summed E-state index contributed by atoms with van der Waals surface area (Å²) < 4.78 is 0. The van der Waals surface area contributed by atoms with E-state index in [-0.39, 0.29) is 82.9 Å². The van der Waals surface area contributed by atoms with Crippen LogP contribution in [-0.4, -0.2) is 191 Å². The Hall–Kier alpha value is -9.05. The number of unbranched alkanes of at least 4 members (excludes halogenated alkanes) is 2. The van der Waals surface area contributed by atoms with Gasteiger partial charge in [0, 0.05) is 32.7 Å². The van der Waals surface area contributed by atoms with E-state index in [1.54, 1.807) is 44.2 Å². The Kier molecular flexibility index (Phi) is 36.7. The van der Waals surface area contributed by atoms with Gasteiger partial charge in [0.1, 0.15) is 60.4 Å². The van der Waals surface area contributed by atoms with Gasteiger partial charge in [-0.15, -0.1) is 0 Å². The number of nitrogens with two attached hydrogens (primary N) is 6. The summed E-state index contributed by atoms with van der Waals surface area (Å²) in [6.45, 7) is 5.22. The first-order valence-corrected chi connectivity index (χ1v) is 29.0. The molecule has 34 heteroatoms. The summed E-state index contributed by atoms with van der Waals surface area (Å²) in [4.78, 5) is 188. The number of benzene rings is 1. The molecule has 0 heterocycles. The smallest absolute Gasteiger partial charge is 0.303 e. The van der Waals surface area contributed by atoms with E-state index in [2.05, 4.69) is 52.8 Å². The van der Waals surface area contributed by atoms with Crippen LogP contribution in [0.25, 0.3) is 0 Å². The molecule has 0 saturated carbocycles. The predicted molar refractivity (Wildman–Crippen MR) is 320 cm³/mol. The zero-order valence-corrected chi connectivity index (χ0v) is 50.6. The molecule has 0 fully saturated rings. The number of carboxylic acids is 2. The molecule has 0 aliphatic rings. The van der Waals surface area contributed by atoms with Gasteiger partial charge in [-0.2, -0.15) is 0 Å². The third-order valence-electron chi connectivity index (χ3n) is 13.2. The second-order valence-electron chi connectivity index (χ2n) is 21.4. The predicted octanol–water partition coefficient (Wildman–Crippen LogP) is -6.44. The summed E-state index contributed by atoms with van der Waals surface area (Å²) in [7, 11) is 0. The normalized spacial score (nSPS) is 14.3. The molecule has 1 aromatic carbocycles. The molecule has 0 radical (unpaired) electrons. The highest BCUT2D eigenvalue weighted by atomic mass is 16.4. The molecule has 12 amide bonds. The van der Waals surface area contributed by atoms with Crippen LogP contribution in [-0.2, 0) is 73.5 Å². The van der Waals surface area contributed by atoms with Gasteiger partial charge in [0.25, 0.3) is 0 Å². The zero-order valence-electron chi connectivity index (χ0n) is 50.6. The van der Waals surface area contributed by atoms with Crippen LogP contribution in [0.4, 0.5) is 0 Å². The topological polar surface area (TPSA) is 588 Å². The van der Waals surface area contributed by atoms with E-state index in [0.29, 0.717) is 24.8 Å². The van der Waals surface area contributed by atoms with E-state index in [1.165, 1.54) is 6.92 Å². The van der Waals surface area contributed by atoms with Gasteiger partial charge < -0.3 is 103 Å². The van der Waals surface area contributed by atoms with Crippen molar-refractivity contribution in [1.82, 2.24) is 53.2 Å². The molecule has 10 atom stereocenters. The van der Waals surface area contributed by atoms with Crippen LogP contribution in [0, 0.1) is 5.92 Å². The average Bonchev–Trinajstić information content (AvgIpc) is 2.05. The number of amides is 12. The van der Waals surface area contributed by atoms with Gasteiger partial charge in [-0.05, 0) is 102 Å². The maximum absolute atomic E-state index is 14.5. The lowest BCUT2D eigenvalue weighted by Crippen LogP contribution is -2.60. The van der Waals surface area contributed by atoms with Crippen molar-refractivity contribution >= 4 is 88.8 Å². The first-order valence-electron chi connectivity index (χ1n) is 29.0. The second-order valence-corrected chi connectivity index (χ2v) is 21.4. The molecule has 0 aliphatic carbocycles. The van der Waals surface area contributed by atoms with Crippen LogP contribution in [0.3, 0.4) is 0 Å². The van der Waals surface area contributed by atoms with E-state index in [4.69, 9.17) is 34.4 Å². The van der Waals surface area contributed by atoms with Crippen molar-refractivity contribution in [3.8, 4) is 0 Å². The van der Waals surface area contributed by atoms with E-state index < -0.39 is 176 Å². The molecule has 0 aromatic heterocycles. The van der Waals surface area contributed by atoms with Crippen molar-refractivity contribution in [3.05, 3.63) is 35.9 Å². The Morgan fingerprint density at radius 3 is 1.27 bits per heavy atom. The highest BCUT2D eigenvalue weighted by Crippen LogP contribution is 2.13. The van der Waals surface area contributed by atoms with Crippen LogP contribution in [0.1, 0.15) is 123 Å². The summed E-state index contributed by atoms with van der Waals surface area (Å²) in [5.41, 5.74) is 33.5. The monoisotopic (exact) mass is 1260 g/mol. The van der Waals surface area contributed by atoms with Gasteiger partial charge in [-0.25, -0.2) is 0 Å². The van der Waals surface area contributed by atoms with E-state index in [9.17, 15) is 82.4 Å². The quantitative estimate of drug-likeness (QED) is 0.0164. The number of aliphatic carboxylic acids is 2. The molecule has 1 aromatic rings. The largest absolute Gasteiger partial charge is 0.481 e. The molecule has 0 saturated heterocycles. The highest BCUT2D eigenvalue weighted by molar-refractivity contribution is 5.99. The Morgan fingerprint density at radius 2 is 0.843 bits per heavy atom. The lowest BCUT2D eigenvalue weighted by Gasteiger charge is -2.28. The molecule has 34 nitrogen and oxygen atoms in total. The van der Waals surface area contributed by atoms with Crippen LogP contribution >= 0.6 is 0 Å². The Morgan fingerprint density at radius 1 is 0.461 bits per heavy atom. The standard InChI is InChI=1S/C55H91N17O17/c1-29(2)25-38(69-53(88)39(26-32-13-6-5-7-14-32)70-49(84)34(16-9-11-23-57)66-50(85)36(64-31(4)74)18-20-43(76)77)52(87)68-33(15-8-10-22-56)48(83)67-35(17-12-24-62-55(60)61)47(82)63-30(3)46(81)65-37(19-21-44(78)79)51(86)71-40(27-42(58)75)54(89)72-41(28-73)45(59)80/h5-7,13-14,29-30,33-41,73H,8-12,15-28,56-57H2,1-4H3,(H2,58,75)(H2,59,80)(H,63,82)(H,64,74)(H,65,81)(H,66,85)(H,67,83)(H,68,87)(H,69,88)(H,70,84)(H,71,86)(H,72,89)(H,76,77)(H,78,79)(H4,60,61,62). The molecule has 25 N–H and O–H groups in total. The van der Waals surface area contributed by atoms with Crippen LogP contribution in [0.15, 0.2) is 35.3 Å². The maximum atomic E-state index is 14.5. The minimum absolute atomic E-state index is 0.0132. The first-order chi connectivity index (χ1) is 41.9. The highest BCUT2D eigenvalue weighted by Gasteiger charge is 2.36. The van der Waals surface area contributed by atoms with E-state index in [0.717, 1.165) is 6.92 Å². The van der Waals surface area contributed by atoms with Crippen molar-refractivity contribution in [1.29, 1.82) is 0 Å². The molecule has 89 heavy (non-hydrogen) atoms. The number of carboxylic acid groups (broad SMARTS) is 2. The molecule has 0 spiro atoms. The third kappa shape index (κ3) is 32.5. The van der Waals surface area contributed by atoms with Gasteiger partial charge in [-0.1, -0.05) is 44.2 Å². The lowest BCUT2D eigenvalue weighted by molar-refractivity contribution is -0.139. The van der Waals surface area contributed by atoms with Crippen LogP contribution in [0.5, 0.6) is 0 Å². The minimum Gasteiger partial charge on any atom is -0.481 e. The maximum Gasteiger partial charge on any atom is 0.303 e. The number of hydrogen-bond acceptors (Lipinski definition) is 18. The summed E-state index contributed by atoms with van der Waals surface area (Å²) in [6.07, 6.45) is -1.94.